The number of benzene rings is 2. The number of fused-ring (bicyclic) bond motifs is 1. The summed E-state index contributed by atoms with van der Waals surface area (Å²) in [5.41, 5.74) is 3.47. The minimum Gasteiger partial charge on any atom is -0.493 e. The van der Waals surface area contributed by atoms with Gasteiger partial charge in [-0.1, -0.05) is 36.4 Å². The van der Waals surface area contributed by atoms with Crippen LogP contribution in [0.15, 0.2) is 42.5 Å². The number of carbonyl (C=O) groups excluding carboxylic acids is 1. The molecule has 1 heterocycles. The molecule has 4 rings (SSSR count). The van der Waals surface area contributed by atoms with Crippen molar-refractivity contribution in [3.63, 3.8) is 0 Å². The van der Waals surface area contributed by atoms with Gasteiger partial charge in [0.05, 0.1) is 14.2 Å². The molecular formula is C29H40N2O4. The van der Waals surface area contributed by atoms with Crippen molar-refractivity contribution >= 4 is 6.09 Å². The highest BCUT2D eigenvalue weighted by molar-refractivity contribution is 5.68. The summed E-state index contributed by atoms with van der Waals surface area (Å²) in [4.78, 5) is 14.4. The second-order valence-corrected chi connectivity index (χ2v) is 10.7. The van der Waals surface area contributed by atoms with E-state index in [1.807, 2.05) is 31.7 Å². The molecule has 1 fully saturated rings. The molecule has 1 N–H and O–H groups in total. The molecule has 1 aliphatic heterocycles. The van der Waals surface area contributed by atoms with Gasteiger partial charge in [-0.15, -0.1) is 0 Å². The molecular weight excluding hydrogens is 440 g/mol. The number of methoxy groups -OCH3 is 2. The number of amides is 1. The van der Waals surface area contributed by atoms with Gasteiger partial charge in [-0.2, -0.15) is 0 Å². The van der Waals surface area contributed by atoms with Crippen molar-refractivity contribution in [1.29, 1.82) is 0 Å². The van der Waals surface area contributed by atoms with Crippen LogP contribution in [0.1, 0.15) is 68.7 Å². The Labute approximate surface area is 209 Å². The van der Waals surface area contributed by atoms with Crippen LogP contribution >= 0.6 is 0 Å². The molecule has 0 spiro atoms. The molecule has 2 aromatic carbocycles. The van der Waals surface area contributed by atoms with Crippen LogP contribution in [0.5, 0.6) is 11.5 Å². The Bertz CT molecular complexity index is 994. The number of hydrogen-bond acceptors (Lipinski definition) is 5. The Hall–Kier alpha value is -2.73. The Morgan fingerprint density at radius 1 is 1.03 bits per heavy atom. The van der Waals surface area contributed by atoms with Crippen LogP contribution in [0.25, 0.3) is 0 Å². The number of hydrogen-bond donors (Lipinski definition) is 1. The first-order valence-electron chi connectivity index (χ1n) is 12.8. The highest BCUT2D eigenvalue weighted by atomic mass is 16.6. The highest BCUT2D eigenvalue weighted by Crippen LogP contribution is 2.43. The van der Waals surface area contributed by atoms with Crippen LogP contribution < -0.4 is 14.8 Å². The largest absolute Gasteiger partial charge is 0.493 e. The van der Waals surface area contributed by atoms with Gasteiger partial charge in [0.1, 0.15) is 5.60 Å². The maximum absolute atomic E-state index is 12.5. The number of nitrogens with one attached hydrogen (secondary N) is 1. The molecule has 1 aliphatic carbocycles. The van der Waals surface area contributed by atoms with Gasteiger partial charge in [-0.05, 0) is 75.5 Å². The third-order valence-electron chi connectivity index (χ3n) is 7.32. The fourth-order valence-electron chi connectivity index (χ4n) is 5.58. The van der Waals surface area contributed by atoms with Gasteiger partial charge in [-0.3, -0.25) is 0 Å². The van der Waals surface area contributed by atoms with E-state index in [2.05, 4.69) is 41.7 Å². The Morgan fingerprint density at radius 3 is 2.37 bits per heavy atom. The van der Waals surface area contributed by atoms with Gasteiger partial charge < -0.3 is 24.4 Å². The van der Waals surface area contributed by atoms with Crippen LogP contribution in [0.4, 0.5) is 4.79 Å². The molecule has 1 saturated heterocycles. The zero-order valence-corrected chi connectivity index (χ0v) is 21.8. The average Bonchev–Trinajstić information content (AvgIpc) is 3.26. The minimum absolute atomic E-state index is 0.197. The van der Waals surface area contributed by atoms with Crippen LogP contribution in [0, 0.1) is 5.92 Å². The summed E-state index contributed by atoms with van der Waals surface area (Å²) in [7, 11) is 3.40. The van der Waals surface area contributed by atoms with Crippen molar-refractivity contribution < 1.29 is 19.0 Å². The first kappa shape index (κ1) is 25.4. The molecule has 190 valence electrons. The number of nitrogens with zero attached hydrogens (tertiary/aromatic N) is 1. The molecule has 0 bridgehead atoms. The van der Waals surface area contributed by atoms with Crippen LogP contribution in [-0.4, -0.2) is 50.4 Å². The molecule has 6 nitrogen and oxygen atoms in total. The first-order chi connectivity index (χ1) is 16.8. The number of carbonyl (C=O) groups is 1. The highest BCUT2D eigenvalue weighted by Gasteiger charge is 2.33. The average molecular weight is 481 g/mol. The van der Waals surface area contributed by atoms with E-state index >= 15 is 0 Å². The fourth-order valence-corrected chi connectivity index (χ4v) is 5.58. The molecule has 35 heavy (non-hydrogen) atoms. The first-order valence-corrected chi connectivity index (χ1v) is 12.8. The molecule has 2 unspecified atom stereocenters. The maximum atomic E-state index is 12.5. The van der Waals surface area contributed by atoms with Crippen molar-refractivity contribution in [3.8, 4) is 11.5 Å². The Kier molecular flexibility index (Phi) is 7.90. The van der Waals surface area contributed by atoms with Gasteiger partial charge in [0, 0.05) is 31.2 Å². The predicted molar refractivity (Wildman–Crippen MR) is 138 cm³/mol. The van der Waals surface area contributed by atoms with Gasteiger partial charge >= 0.3 is 6.09 Å². The van der Waals surface area contributed by atoms with Crippen molar-refractivity contribution in [2.24, 2.45) is 5.92 Å². The van der Waals surface area contributed by atoms with Gasteiger partial charge in [0.15, 0.2) is 11.5 Å². The smallest absolute Gasteiger partial charge is 0.410 e. The summed E-state index contributed by atoms with van der Waals surface area (Å²) < 4.78 is 16.8. The molecule has 0 saturated carbocycles. The second-order valence-electron chi connectivity index (χ2n) is 10.7. The maximum Gasteiger partial charge on any atom is 0.410 e. The summed E-state index contributed by atoms with van der Waals surface area (Å²) in [6.45, 7) is 8.14. The summed E-state index contributed by atoms with van der Waals surface area (Å²) in [5, 5.41) is 3.89. The second kappa shape index (κ2) is 10.9. The summed E-state index contributed by atoms with van der Waals surface area (Å²) >= 11 is 0. The zero-order chi connectivity index (χ0) is 25.0. The molecule has 2 aromatic rings. The van der Waals surface area contributed by atoms with Crippen molar-refractivity contribution in [2.75, 3.05) is 33.9 Å². The topological polar surface area (TPSA) is 60.0 Å². The summed E-state index contributed by atoms with van der Waals surface area (Å²) in [6.07, 6.45) is 3.80. The van der Waals surface area contributed by atoms with E-state index in [1.54, 1.807) is 14.2 Å². The third-order valence-corrected chi connectivity index (χ3v) is 7.32. The van der Waals surface area contributed by atoms with Crippen LogP contribution in [-0.2, 0) is 11.2 Å². The molecule has 0 radical (unpaired) electrons. The Morgan fingerprint density at radius 2 is 1.74 bits per heavy atom. The number of piperidine rings is 1. The van der Waals surface area contributed by atoms with E-state index < -0.39 is 5.60 Å². The van der Waals surface area contributed by atoms with E-state index in [0.717, 1.165) is 56.8 Å². The lowest BCUT2D eigenvalue weighted by Crippen LogP contribution is -2.43. The molecule has 2 atom stereocenters. The summed E-state index contributed by atoms with van der Waals surface area (Å²) in [5.74, 6) is 2.56. The van der Waals surface area contributed by atoms with E-state index in [0.29, 0.717) is 17.9 Å². The third kappa shape index (κ3) is 5.92. The van der Waals surface area contributed by atoms with Gasteiger partial charge in [-0.25, -0.2) is 4.79 Å². The Balaban J connectivity index is 1.44. The SMILES string of the molecule is COc1ccc2c(c1OC)CCC2NCC(c1ccccc1)C1CCN(C(=O)OC(C)(C)C)CC1. The molecule has 0 aromatic heterocycles. The zero-order valence-electron chi connectivity index (χ0n) is 21.8. The van der Waals surface area contributed by atoms with E-state index in [-0.39, 0.29) is 6.09 Å². The fraction of sp³-hybridized carbons (Fsp3) is 0.552. The van der Waals surface area contributed by atoms with Crippen molar-refractivity contribution in [2.45, 2.75) is 64.0 Å². The lowest BCUT2D eigenvalue weighted by atomic mass is 9.80. The normalized spacial score (nSPS) is 19.2. The van der Waals surface area contributed by atoms with Crippen molar-refractivity contribution in [3.05, 3.63) is 59.2 Å². The quantitative estimate of drug-likeness (QED) is 0.550. The van der Waals surface area contributed by atoms with E-state index in [9.17, 15) is 4.79 Å². The van der Waals surface area contributed by atoms with Crippen LogP contribution in [0.2, 0.25) is 0 Å². The molecule has 2 aliphatic rings. The predicted octanol–water partition coefficient (Wildman–Crippen LogP) is 5.71. The number of rotatable bonds is 7. The summed E-state index contributed by atoms with van der Waals surface area (Å²) in [6, 6.07) is 15.3. The van der Waals surface area contributed by atoms with Gasteiger partial charge in [0.2, 0.25) is 0 Å². The van der Waals surface area contributed by atoms with Crippen LogP contribution in [0.3, 0.4) is 0 Å². The molecule has 6 heteroatoms. The van der Waals surface area contributed by atoms with E-state index in [1.165, 1.54) is 16.7 Å². The minimum atomic E-state index is -0.464. The lowest BCUT2D eigenvalue weighted by Gasteiger charge is -2.37. The standard InChI is InChI=1S/C29H40N2O4/c1-29(2,3)35-28(32)31-17-15-21(16-18-31)24(20-9-7-6-8-10-20)19-30-25-13-11-23-22(25)12-14-26(33-4)27(23)34-5/h6-10,12,14,21,24-25,30H,11,13,15-19H2,1-5H3. The number of ether oxygens (including phenoxy) is 3. The van der Waals surface area contributed by atoms with Gasteiger partial charge in [0.25, 0.3) is 0 Å². The van der Waals surface area contributed by atoms with E-state index in [4.69, 9.17) is 14.2 Å². The molecule has 1 amide bonds. The lowest BCUT2D eigenvalue weighted by molar-refractivity contribution is 0.0173. The number of likely N-dealkylation sites (tertiary alicyclic amines) is 1. The monoisotopic (exact) mass is 480 g/mol. The van der Waals surface area contributed by atoms with Crippen molar-refractivity contribution in [1.82, 2.24) is 10.2 Å².